The molecule has 1 atom stereocenters. The van der Waals surface area contributed by atoms with Gasteiger partial charge in [0, 0.05) is 0 Å². The lowest BCUT2D eigenvalue weighted by Crippen LogP contribution is -2.42. The van der Waals surface area contributed by atoms with Crippen LogP contribution in [0.2, 0.25) is 0 Å². The van der Waals surface area contributed by atoms with Crippen LogP contribution in [0.3, 0.4) is 0 Å². The van der Waals surface area contributed by atoms with E-state index in [0.29, 0.717) is 24.8 Å². The van der Waals surface area contributed by atoms with Crippen LogP contribution in [0, 0.1) is 5.92 Å². The summed E-state index contributed by atoms with van der Waals surface area (Å²) in [6, 6.07) is 0.330. The van der Waals surface area contributed by atoms with Crippen molar-refractivity contribution < 1.29 is 40.7 Å². The fourth-order valence-electron chi connectivity index (χ4n) is 3.07. The Bertz CT molecular complexity index is 989. The van der Waals surface area contributed by atoms with Crippen LogP contribution < -0.4 is 11.5 Å². The molecular weight excluding hydrogens is 460 g/mol. The van der Waals surface area contributed by atoms with Crippen molar-refractivity contribution in [2.75, 3.05) is 5.73 Å². The second kappa shape index (κ2) is 9.53. The molecule has 14 heteroatoms. The number of aromatic nitrogens is 3. The highest BCUT2D eigenvalue weighted by Crippen LogP contribution is 2.43. The van der Waals surface area contributed by atoms with Crippen LogP contribution in [0.4, 0.5) is 32.0 Å². The second-order valence-electron chi connectivity index (χ2n) is 7.95. The van der Waals surface area contributed by atoms with E-state index in [1.165, 1.54) is 0 Å². The first-order valence-corrected chi connectivity index (χ1v) is 9.89. The van der Waals surface area contributed by atoms with Gasteiger partial charge in [0.05, 0.1) is 11.3 Å². The lowest BCUT2D eigenvalue weighted by Gasteiger charge is -2.26. The minimum Gasteiger partial charge on any atom is -0.416 e. The maximum atomic E-state index is 13.7. The Hall–Kier alpha value is -2.90. The number of pyridine rings is 1. The Morgan fingerprint density at radius 3 is 2.27 bits per heavy atom. The number of rotatable bonds is 9. The Kier molecular flexibility index (Phi) is 7.61. The number of primary amides is 1. The molecule has 0 saturated carbocycles. The van der Waals surface area contributed by atoms with Crippen LogP contribution in [-0.2, 0) is 11.8 Å². The van der Waals surface area contributed by atoms with Crippen LogP contribution in [0.15, 0.2) is 10.5 Å². The molecule has 33 heavy (non-hydrogen) atoms. The molecule has 0 aliphatic rings. The Labute approximate surface area is 184 Å². The van der Waals surface area contributed by atoms with E-state index in [2.05, 4.69) is 15.2 Å². The normalized spacial score (nSPS) is 14.5. The number of aliphatic hydroxyl groups is 1. The topological polar surface area (TPSA) is 141 Å². The molecule has 8 nitrogen and oxygen atoms in total. The largest absolute Gasteiger partial charge is 0.426 e. The highest BCUT2D eigenvalue weighted by molar-refractivity contribution is 5.94. The number of halogens is 6. The minimum absolute atomic E-state index is 0.00701. The van der Waals surface area contributed by atoms with E-state index in [-0.39, 0.29) is 6.42 Å². The van der Waals surface area contributed by atoms with Crippen molar-refractivity contribution in [2.24, 2.45) is 11.7 Å². The van der Waals surface area contributed by atoms with E-state index >= 15 is 0 Å². The quantitative estimate of drug-likeness (QED) is 0.359. The molecule has 0 aliphatic heterocycles. The number of unbranched alkanes of at least 4 members (excludes halogenated alkanes) is 2. The average Bonchev–Trinajstić information content (AvgIpc) is 3.15. The van der Waals surface area contributed by atoms with E-state index in [1.54, 1.807) is 0 Å². The van der Waals surface area contributed by atoms with Gasteiger partial charge in [-0.2, -0.15) is 26.3 Å². The smallest absolute Gasteiger partial charge is 0.416 e. The number of hydrogen-bond donors (Lipinski definition) is 3. The lowest BCUT2D eigenvalue weighted by atomic mass is 9.94. The summed E-state index contributed by atoms with van der Waals surface area (Å²) < 4.78 is 85.3. The van der Waals surface area contributed by atoms with Crippen LogP contribution in [-0.4, -0.2) is 32.4 Å². The number of carbonyl (C=O) groups excluding carboxylic acids is 1. The fraction of sp³-hybridized carbons (Fsp3) is 0.579. The summed E-state index contributed by atoms with van der Waals surface area (Å²) in [6.07, 6.45) is -9.14. The molecule has 0 radical (unpaired) electrons. The summed E-state index contributed by atoms with van der Waals surface area (Å²) >= 11 is 0. The molecule has 184 valence electrons. The van der Waals surface area contributed by atoms with Gasteiger partial charge in [-0.25, -0.2) is 4.98 Å². The van der Waals surface area contributed by atoms with E-state index in [0.717, 1.165) is 6.42 Å². The zero-order chi connectivity index (χ0) is 25.2. The first-order valence-electron chi connectivity index (χ1n) is 9.89. The molecule has 1 unspecified atom stereocenters. The van der Waals surface area contributed by atoms with Crippen LogP contribution in [0.25, 0.3) is 11.6 Å². The van der Waals surface area contributed by atoms with Crippen molar-refractivity contribution in [3.05, 3.63) is 23.2 Å². The number of nitrogens with two attached hydrogens (primary N) is 2. The first-order chi connectivity index (χ1) is 15.1. The van der Waals surface area contributed by atoms with Gasteiger partial charge in [-0.3, -0.25) is 4.79 Å². The van der Waals surface area contributed by atoms with Gasteiger partial charge in [0.2, 0.25) is 5.60 Å². The molecule has 0 aromatic carbocycles. The van der Waals surface area contributed by atoms with Gasteiger partial charge >= 0.3 is 12.4 Å². The predicted octanol–water partition coefficient (Wildman–Crippen LogP) is 4.19. The van der Waals surface area contributed by atoms with Gasteiger partial charge in [0.15, 0.2) is 5.69 Å². The fourth-order valence-corrected chi connectivity index (χ4v) is 3.07. The zero-order valence-electron chi connectivity index (χ0n) is 17.7. The number of nitrogens with zero attached hydrogens (tertiary/aromatic N) is 3. The summed E-state index contributed by atoms with van der Waals surface area (Å²) in [5.74, 6) is -3.23. The van der Waals surface area contributed by atoms with Crippen molar-refractivity contribution >= 4 is 11.6 Å². The van der Waals surface area contributed by atoms with Gasteiger partial charge < -0.3 is 21.0 Å². The van der Waals surface area contributed by atoms with Gasteiger partial charge in [-0.15, -0.1) is 10.2 Å². The Balaban J connectivity index is 2.41. The maximum Gasteiger partial charge on any atom is 0.426 e. The number of hydrogen-bond acceptors (Lipinski definition) is 7. The standard InChI is InChI=1S/C19H23F6N5O3/c1-9(2)6-4-3-5-7-17(32,19(23,24)25)16-30-29-15(33-16)13-11(26)8-10(18(20,21)22)12(28-13)14(27)31/h8-9,32H,3-7,26H2,1-2H3,(H2,27,31). The summed E-state index contributed by atoms with van der Waals surface area (Å²) in [7, 11) is 0. The molecule has 1 amide bonds. The third-order valence-electron chi connectivity index (χ3n) is 4.86. The molecule has 0 aliphatic carbocycles. The van der Waals surface area contributed by atoms with Crippen molar-refractivity contribution in [3.63, 3.8) is 0 Å². The number of anilines is 1. The van der Waals surface area contributed by atoms with E-state index in [9.17, 15) is 36.2 Å². The van der Waals surface area contributed by atoms with Crippen molar-refractivity contribution in [1.29, 1.82) is 0 Å². The second-order valence-corrected chi connectivity index (χ2v) is 7.95. The SMILES string of the molecule is CC(C)CCCCCC(O)(c1nnc(-c2nc(C(N)=O)c(C(F)(F)F)cc2N)o1)C(F)(F)F. The number of carbonyl (C=O) groups is 1. The molecule has 0 saturated heterocycles. The summed E-state index contributed by atoms with van der Waals surface area (Å²) in [5, 5.41) is 16.9. The third kappa shape index (κ3) is 5.92. The van der Waals surface area contributed by atoms with Crippen LogP contribution >= 0.6 is 0 Å². The van der Waals surface area contributed by atoms with Gasteiger partial charge in [0.25, 0.3) is 17.7 Å². The van der Waals surface area contributed by atoms with Crippen molar-refractivity contribution in [2.45, 2.75) is 63.9 Å². The van der Waals surface area contributed by atoms with Crippen molar-refractivity contribution in [1.82, 2.24) is 15.2 Å². The monoisotopic (exact) mass is 483 g/mol. The molecule has 2 aromatic heterocycles. The highest BCUT2D eigenvalue weighted by atomic mass is 19.4. The summed E-state index contributed by atoms with van der Waals surface area (Å²) in [5.41, 5.74) is 2.82. The van der Waals surface area contributed by atoms with Gasteiger partial charge in [0.1, 0.15) is 5.69 Å². The minimum atomic E-state index is -5.19. The number of amides is 1. The lowest BCUT2D eigenvalue weighted by molar-refractivity contribution is -0.277. The van der Waals surface area contributed by atoms with E-state index in [4.69, 9.17) is 15.9 Å². The Morgan fingerprint density at radius 2 is 1.76 bits per heavy atom. The molecule has 0 bridgehead atoms. The van der Waals surface area contributed by atoms with Crippen LogP contribution in [0.1, 0.15) is 67.9 Å². The first kappa shape index (κ1) is 26.4. The Morgan fingerprint density at radius 1 is 1.12 bits per heavy atom. The molecule has 2 aromatic rings. The molecule has 2 heterocycles. The molecular formula is C19H23F6N5O3. The zero-order valence-corrected chi connectivity index (χ0v) is 17.7. The number of nitrogen functional groups attached to an aromatic ring is 1. The van der Waals surface area contributed by atoms with Crippen LogP contribution in [0.5, 0.6) is 0 Å². The molecule has 0 spiro atoms. The third-order valence-corrected chi connectivity index (χ3v) is 4.86. The van der Waals surface area contributed by atoms with E-state index < -0.39 is 64.7 Å². The maximum absolute atomic E-state index is 13.7. The van der Waals surface area contributed by atoms with Gasteiger partial charge in [-0.05, 0) is 24.8 Å². The number of alkyl halides is 6. The average molecular weight is 483 g/mol. The molecule has 0 fully saturated rings. The van der Waals surface area contributed by atoms with E-state index in [1.807, 2.05) is 13.8 Å². The molecule has 5 N–H and O–H groups in total. The predicted molar refractivity (Wildman–Crippen MR) is 103 cm³/mol. The molecule has 2 rings (SSSR count). The highest BCUT2D eigenvalue weighted by Gasteiger charge is 2.58. The summed E-state index contributed by atoms with van der Waals surface area (Å²) in [4.78, 5) is 14.8. The van der Waals surface area contributed by atoms with Gasteiger partial charge in [-0.1, -0.05) is 33.1 Å². The summed E-state index contributed by atoms with van der Waals surface area (Å²) in [6.45, 7) is 3.94. The van der Waals surface area contributed by atoms with Crippen molar-refractivity contribution in [3.8, 4) is 11.6 Å².